The number of rotatable bonds is 1. The topological polar surface area (TPSA) is 53.2 Å². The minimum absolute atomic E-state index is 0.0819. The maximum Gasteiger partial charge on any atom is 0.259 e. The van der Waals surface area contributed by atoms with E-state index in [1.165, 1.54) is 6.20 Å². The number of nitrogens with one attached hydrogen (secondary N) is 1. The van der Waals surface area contributed by atoms with Crippen LogP contribution in [0.5, 0.6) is 0 Å². The summed E-state index contributed by atoms with van der Waals surface area (Å²) in [5.41, 5.74) is -0.818. The number of benzene rings is 1. The van der Waals surface area contributed by atoms with Crippen LogP contribution in [0.2, 0.25) is 0 Å². The van der Waals surface area contributed by atoms with Gasteiger partial charge >= 0.3 is 0 Å². The molecule has 0 radical (unpaired) electrons. The van der Waals surface area contributed by atoms with Crippen molar-refractivity contribution in [3.8, 4) is 0 Å². The number of carbonyl (C=O) groups is 1. The first kappa shape index (κ1) is 13.7. The van der Waals surface area contributed by atoms with Crippen LogP contribution in [0, 0.1) is 17.6 Å². The Morgan fingerprint density at radius 1 is 1.38 bits per heavy atom. The highest BCUT2D eigenvalue weighted by molar-refractivity contribution is 5.97. The third-order valence-electron chi connectivity index (χ3n) is 3.85. The fourth-order valence-corrected chi connectivity index (χ4v) is 2.70. The summed E-state index contributed by atoms with van der Waals surface area (Å²) in [5.74, 6) is -1.70. The monoisotopic (exact) mass is 292 g/mol. The van der Waals surface area contributed by atoms with Gasteiger partial charge in [-0.15, -0.1) is 0 Å². The fraction of sp³-hybridized carbons (Fsp3) is 0.333. The number of likely N-dealkylation sites (tertiary alicyclic amines) is 1. The van der Waals surface area contributed by atoms with Gasteiger partial charge in [-0.1, -0.05) is 6.92 Å². The summed E-state index contributed by atoms with van der Waals surface area (Å²) in [5, 5.41) is -0.148. The molecule has 1 fully saturated rings. The Hall–Kier alpha value is -2.24. The Morgan fingerprint density at radius 2 is 2.14 bits per heavy atom. The zero-order valence-electron chi connectivity index (χ0n) is 11.5. The van der Waals surface area contributed by atoms with Crippen LogP contribution < -0.4 is 5.43 Å². The van der Waals surface area contributed by atoms with E-state index in [0.29, 0.717) is 25.1 Å². The molecule has 4 nitrogen and oxygen atoms in total. The number of carbonyl (C=O) groups excluding carboxylic acids is 1. The molecule has 21 heavy (non-hydrogen) atoms. The number of hydrogen-bond donors (Lipinski definition) is 1. The smallest absolute Gasteiger partial charge is 0.259 e. The van der Waals surface area contributed by atoms with Crippen LogP contribution in [-0.4, -0.2) is 28.9 Å². The summed E-state index contributed by atoms with van der Waals surface area (Å²) in [6, 6.07) is 1.64. The van der Waals surface area contributed by atoms with Gasteiger partial charge in [0.2, 0.25) is 5.43 Å². The van der Waals surface area contributed by atoms with E-state index < -0.39 is 23.0 Å². The van der Waals surface area contributed by atoms with Gasteiger partial charge in [0, 0.05) is 25.4 Å². The zero-order chi connectivity index (χ0) is 15.1. The van der Waals surface area contributed by atoms with Crippen LogP contribution in [0.15, 0.2) is 23.1 Å². The van der Waals surface area contributed by atoms with Gasteiger partial charge < -0.3 is 9.88 Å². The lowest BCUT2D eigenvalue weighted by Crippen LogP contribution is -2.32. The number of aromatic amines is 1. The Labute approximate surface area is 119 Å². The van der Waals surface area contributed by atoms with Gasteiger partial charge in [0.25, 0.3) is 5.91 Å². The molecule has 0 spiro atoms. The van der Waals surface area contributed by atoms with Crippen molar-refractivity contribution in [3.05, 3.63) is 45.8 Å². The molecule has 2 aromatic rings. The number of fused-ring (bicyclic) bond motifs is 1. The number of H-pyrrole nitrogens is 1. The summed E-state index contributed by atoms with van der Waals surface area (Å²) in [6.07, 6.45) is 2.09. The standard InChI is InChI=1S/C15H14F2N2O2/c1-8-2-3-19(7-8)15(21)11-6-18-13-10(14(11)20)4-9(16)5-12(13)17/h4-6,8H,2-3,7H2,1H3,(H,18,20). The minimum atomic E-state index is -0.851. The van der Waals surface area contributed by atoms with Crippen molar-refractivity contribution in [1.29, 1.82) is 0 Å². The number of aromatic nitrogens is 1. The van der Waals surface area contributed by atoms with Crippen molar-refractivity contribution in [2.75, 3.05) is 13.1 Å². The van der Waals surface area contributed by atoms with Gasteiger partial charge in [-0.05, 0) is 18.4 Å². The van der Waals surface area contributed by atoms with Crippen LogP contribution >= 0.6 is 0 Å². The number of nitrogens with zero attached hydrogens (tertiary/aromatic N) is 1. The Bertz CT molecular complexity index is 785. The van der Waals surface area contributed by atoms with Crippen LogP contribution in [0.25, 0.3) is 10.9 Å². The number of pyridine rings is 1. The van der Waals surface area contributed by atoms with E-state index in [9.17, 15) is 18.4 Å². The van der Waals surface area contributed by atoms with E-state index in [-0.39, 0.29) is 16.5 Å². The van der Waals surface area contributed by atoms with Crippen LogP contribution in [0.1, 0.15) is 23.7 Å². The molecule has 6 heteroatoms. The summed E-state index contributed by atoms with van der Waals surface area (Å²) in [6.45, 7) is 3.21. The third kappa shape index (κ3) is 2.30. The molecule has 1 atom stereocenters. The van der Waals surface area contributed by atoms with E-state index in [2.05, 4.69) is 4.98 Å². The van der Waals surface area contributed by atoms with Crippen molar-refractivity contribution in [2.45, 2.75) is 13.3 Å². The molecule has 1 unspecified atom stereocenters. The van der Waals surface area contributed by atoms with Crippen molar-refractivity contribution in [2.24, 2.45) is 5.92 Å². The van der Waals surface area contributed by atoms with Gasteiger partial charge in [-0.2, -0.15) is 0 Å². The molecule has 1 aliphatic heterocycles. The molecule has 0 aliphatic carbocycles. The molecule has 1 aromatic carbocycles. The first-order valence-corrected chi connectivity index (χ1v) is 6.77. The van der Waals surface area contributed by atoms with Gasteiger partial charge in [-0.3, -0.25) is 9.59 Å². The molecule has 1 aromatic heterocycles. The van der Waals surface area contributed by atoms with Gasteiger partial charge in [-0.25, -0.2) is 8.78 Å². The largest absolute Gasteiger partial charge is 0.358 e. The Balaban J connectivity index is 2.10. The average Bonchev–Trinajstić information content (AvgIpc) is 2.86. The summed E-state index contributed by atoms with van der Waals surface area (Å²) < 4.78 is 26.9. The first-order valence-electron chi connectivity index (χ1n) is 6.77. The van der Waals surface area contributed by atoms with E-state index in [1.54, 1.807) is 4.90 Å². The lowest BCUT2D eigenvalue weighted by molar-refractivity contribution is 0.0786. The lowest BCUT2D eigenvalue weighted by atomic mass is 10.1. The predicted octanol–water partition coefficient (Wildman–Crippen LogP) is 2.29. The molecule has 2 heterocycles. The van der Waals surface area contributed by atoms with E-state index in [1.807, 2.05) is 6.92 Å². The van der Waals surface area contributed by atoms with Gasteiger partial charge in [0.05, 0.1) is 10.9 Å². The van der Waals surface area contributed by atoms with Crippen molar-refractivity contribution < 1.29 is 13.6 Å². The zero-order valence-corrected chi connectivity index (χ0v) is 11.5. The third-order valence-corrected chi connectivity index (χ3v) is 3.85. The summed E-state index contributed by atoms with van der Waals surface area (Å²) in [4.78, 5) is 28.8. The maximum absolute atomic E-state index is 13.6. The molecule has 1 amide bonds. The second-order valence-electron chi connectivity index (χ2n) is 5.49. The molecule has 110 valence electrons. The molecule has 3 rings (SSSR count). The fourth-order valence-electron chi connectivity index (χ4n) is 2.70. The second-order valence-corrected chi connectivity index (χ2v) is 5.49. The highest BCUT2D eigenvalue weighted by atomic mass is 19.1. The van der Waals surface area contributed by atoms with Crippen molar-refractivity contribution in [1.82, 2.24) is 9.88 Å². The van der Waals surface area contributed by atoms with Gasteiger partial charge in [0.15, 0.2) is 0 Å². The number of hydrogen-bond acceptors (Lipinski definition) is 2. The van der Waals surface area contributed by atoms with E-state index in [4.69, 9.17) is 0 Å². The second kappa shape index (κ2) is 4.95. The maximum atomic E-state index is 13.6. The van der Waals surface area contributed by atoms with Crippen LogP contribution in [-0.2, 0) is 0 Å². The number of halogens is 2. The van der Waals surface area contributed by atoms with Crippen LogP contribution in [0.3, 0.4) is 0 Å². The Kier molecular flexibility index (Phi) is 3.23. The minimum Gasteiger partial charge on any atom is -0.358 e. The molecule has 0 saturated carbocycles. The van der Waals surface area contributed by atoms with Crippen molar-refractivity contribution >= 4 is 16.8 Å². The predicted molar refractivity (Wildman–Crippen MR) is 74.2 cm³/mol. The van der Waals surface area contributed by atoms with Crippen molar-refractivity contribution in [3.63, 3.8) is 0 Å². The van der Waals surface area contributed by atoms with Crippen LogP contribution in [0.4, 0.5) is 8.78 Å². The normalized spacial score (nSPS) is 18.4. The average molecular weight is 292 g/mol. The highest BCUT2D eigenvalue weighted by Crippen LogP contribution is 2.19. The first-order chi connectivity index (χ1) is 9.97. The SMILES string of the molecule is CC1CCN(C(=O)c2c[nH]c3c(F)cc(F)cc3c2=O)C1. The molecule has 0 bridgehead atoms. The molecule has 1 saturated heterocycles. The molecule has 1 N–H and O–H groups in total. The quantitative estimate of drug-likeness (QED) is 0.876. The molecular weight excluding hydrogens is 278 g/mol. The summed E-state index contributed by atoms with van der Waals surface area (Å²) in [7, 11) is 0. The molecule has 1 aliphatic rings. The highest BCUT2D eigenvalue weighted by Gasteiger charge is 2.26. The Morgan fingerprint density at radius 3 is 2.81 bits per heavy atom. The van der Waals surface area contributed by atoms with Gasteiger partial charge in [0.1, 0.15) is 17.2 Å². The summed E-state index contributed by atoms with van der Waals surface area (Å²) >= 11 is 0. The van der Waals surface area contributed by atoms with E-state index >= 15 is 0 Å². The lowest BCUT2D eigenvalue weighted by Gasteiger charge is -2.15. The number of amides is 1. The van der Waals surface area contributed by atoms with E-state index in [0.717, 1.165) is 12.5 Å². The molecular formula is C15H14F2N2O2.